The number of piperidine rings is 1. The van der Waals surface area contributed by atoms with E-state index in [2.05, 4.69) is 0 Å². The summed E-state index contributed by atoms with van der Waals surface area (Å²) < 4.78 is 27.0. The van der Waals surface area contributed by atoms with Gasteiger partial charge in [-0.05, 0) is 44.2 Å². The Hall–Kier alpha value is -0.910. The van der Waals surface area contributed by atoms with Crippen LogP contribution < -0.4 is 0 Å². The molecule has 0 saturated carbocycles. The Morgan fingerprint density at radius 2 is 1.75 bits per heavy atom. The lowest BCUT2D eigenvalue weighted by Gasteiger charge is -2.34. The first kappa shape index (κ1) is 15.5. The number of nitrogens with zero attached hydrogens (tertiary/aromatic N) is 1. The molecule has 2 rings (SSSR count). The molecule has 1 aliphatic rings. The summed E-state index contributed by atoms with van der Waals surface area (Å²) in [6, 6.07) is 3.78. The van der Waals surface area contributed by atoms with Gasteiger partial charge in [0.1, 0.15) is 0 Å². The van der Waals surface area contributed by atoms with E-state index in [1.165, 1.54) is 4.31 Å². The van der Waals surface area contributed by atoms with Crippen LogP contribution in [0.3, 0.4) is 0 Å². The molecule has 0 spiro atoms. The molecule has 1 N–H and O–H groups in total. The highest BCUT2D eigenvalue weighted by Crippen LogP contribution is 2.28. The Kier molecular flexibility index (Phi) is 4.23. The van der Waals surface area contributed by atoms with Gasteiger partial charge in [-0.25, -0.2) is 8.42 Å². The van der Waals surface area contributed by atoms with Crippen LogP contribution in [0.2, 0.25) is 0 Å². The van der Waals surface area contributed by atoms with Gasteiger partial charge in [-0.1, -0.05) is 24.6 Å². The van der Waals surface area contributed by atoms with E-state index in [-0.39, 0.29) is 12.5 Å². The van der Waals surface area contributed by atoms with Crippen molar-refractivity contribution in [1.29, 1.82) is 0 Å². The standard InChI is InChI=1S/C15H23NO3S/c1-10-7-12(3)15(13(4)8-10)20(18,19)16-6-5-11(2)14(17)9-16/h7-8,11,14,17H,5-6,9H2,1-4H3. The second-order valence-electron chi connectivity index (χ2n) is 5.92. The minimum atomic E-state index is -3.52. The number of aliphatic hydroxyl groups is 1. The Labute approximate surface area is 121 Å². The quantitative estimate of drug-likeness (QED) is 0.908. The third-order valence-corrected chi connectivity index (χ3v) is 6.26. The molecule has 1 heterocycles. The zero-order chi connectivity index (χ0) is 15.1. The maximum atomic E-state index is 12.8. The van der Waals surface area contributed by atoms with Crippen LogP contribution in [0.15, 0.2) is 17.0 Å². The summed E-state index contributed by atoms with van der Waals surface area (Å²) in [7, 11) is -3.52. The molecule has 4 nitrogen and oxygen atoms in total. The molecule has 0 radical (unpaired) electrons. The number of hydrogen-bond acceptors (Lipinski definition) is 3. The fourth-order valence-electron chi connectivity index (χ4n) is 2.94. The van der Waals surface area contributed by atoms with E-state index in [9.17, 15) is 13.5 Å². The molecule has 1 aromatic rings. The topological polar surface area (TPSA) is 57.6 Å². The van der Waals surface area contributed by atoms with Crippen molar-refractivity contribution >= 4 is 10.0 Å². The maximum Gasteiger partial charge on any atom is 0.243 e. The van der Waals surface area contributed by atoms with Crippen molar-refractivity contribution in [1.82, 2.24) is 4.31 Å². The van der Waals surface area contributed by atoms with Crippen molar-refractivity contribution in [2.24, 2.45) is 5.92 Å². The first-order chi connectivity index (χ1) is 9.23. The highest BCUT2D eigenvalue weighted by atomic mass is 32.2. The molecule has 0 aromatic heterocycles. The van der Waals surface area contributed by atoms with Crippen LogP contribution in [0.4, 0.5) is 0 Å². The van der Waals surface area contributed by atoms with Crippen LogP contribution in [0.1, 0.15) is 30.0 Å². The first-order valence-corrected chi connectivity index (χ1v) is 8.43. The number of hydrogen-bond donors (Lipinski definition) is 1. The second kappa shape index (κ2) is 5.47. The Morgan fingerprint density at radius 3 is 2.25 bits per heavy atom. The average molecular weight is 297 g/mol. The minimum absolute atomic E-state index is 0.154. The number of β-amino-alcohol motifs (C(OH)–C–C–N with tert-alkyl or cyclic N) is 1. The zero-order valence-corrected chi connectivity index (χ0v) is 13.4. The monoisotopic (exact) mass is 297 g/mol. The van der Waals surface area contributed by atoms with E-state index < -0.39 is 16.1 Å². The maximum absolute atomic E-state index is 12.8. The summed E-state index contributed by atoms with van der Waals surface area (Å²) in [6.07, 6.45) is 0.120. The predicted octanol–water partition coefficient (Wildman–Crippen LogP) is 2.00. The molecular formula is C15H23NO3S. The Morgan fingerprint density at radius 1 is 1.20 bits per heavy atom. The van der Waals surface area contributed by atoms with Gasteiger partial charge in [0.2, 0.25) is 10.0 Å². The number of aryl methyl sites for hydroxylation is 3. The highest BCUT2D eigenvalue weighted by molar-refractivity contribution is 7.89. The molecule has 2 unspecified atom stereocenters. The van der Waals surface area contributed by atoms with E-state index in [1.807, 2.05) is 39.8 Å². The molecule has 5 heteroatoms. The fourth-order valence-corrected chi connectivity index (χ4v) is 4.83. The molecule has 0 bridgehead atoms. The van der Waals surface area contributed by atoms with Crippen molar-refractivity contribution in [2.45, 2.75) is 45.1 Å². The fraction of sp³-hybridized carbons (Fsp3) is 0.600. The third-order valence-electron chi connectivity index (χ3n) is 4.08. The lowest BCUT2D eigenvalue weighted by Crippen LogP contribution is -2.46. The third kappa shape index (κ3) is 2.75. The highest BCUT2D eigenvalue weighted by Gasteiger charge is 2.34. The molecule has 1 aromatic carbocycles. The van der Waals surface area contributed by atoms with E-state index in [1.54, 1.807) is 0 Å². The summed E-state index contributed by atoms with van der Waals surface area (Å²) in [4.78, 5) is 0.393. The minimum Gasteiger partial charge on any atom is -0.391 e. The van der Waals surface area contributed by atoms with E-state index in [4.69, 9.17) is 0 Å². The average Bonchev–Trinajstić information content (AvgIpc) is 2.30. The molecular weight excluding hydrogens is 274 g/mol. The largest absolute Gasteiger partial charge is 0.391 e. The Bertz CT molecular complexity index is 587. The van der Waals surface area contributed by atoms with Gasteiger partial charge in [0, 0.05) is 13.1 Å². The first-order valence-electron chi connectivity index (χ1n) is 6.99. The normalized spacial score (nSPS) is 24.9. The van der Waals surface area contributed by atoms with Gasteiger partial charge in [-0.2, -0.15) is 4.31 Å². The molecule has 0 amide bonds. The molecule has 2 atom stereocenters. The van der Waals surface area contributed by atoms with Crippen LogP contribution in [0, 0.1) is 26.7 Å². The number of rotatable bonds is 2. The summed E-state index contributed by atoms with van der Waals surface area (Å²) in [6.45, 7) is 8.25. The van der Waals surface area contributed by atoms with Gasteiger partial charge >= 0.3 is 0 Å². The van der Waals surface area contributed by atoms with Gasteiger partial charge in [-0.3, -0.25) is 0 Å². The van der Waals surface area contributed by atoms with Crippen LogP contribution in [-0.4, -0.2) is 37.0 Å². The van der Waals surface area contributed by atoms with E-state index in [0.717, 1.165) is 16.7 Å². The molecule has 112 valence electrons. The molecule has 0 aliphatic carbocycles. The molecule has 1 aliphatic heterocycles. The molecule has 1 fully saturated rings. The lowest BCUT2D eigenvalue weighted by atomic mass is 9.98. The summed E-state index contributed by atoms with van der Waals surface area (Å²) >= 11 is 0. The van der Waals surface area contributed by atoms with Crippen LogP contribution in [-0.2, 0) is 10.0 Å². The Balaban J connectivity index is 2.41. The van der Waals surface area contributed by atoms with E-state index >= 15 is 0 Å². The molecule has 1 saturated heterocycles. The number of benzene rings is 1. The van der Waals surface area contributed by atoms with Gasteiger partial charge in [0.25, 0.3) is 0 Å². The van der Waals surface area contributed by atoms with Gasteiger partial charge < -0.3 is 5.11 Å². The lowest BCUT2D eigenvalue weighted by molar-refractivity contribution is 0.0605. The summed E-state index contributed by atoms with van der Waals surface area (Å²) in [5.41, 5.74) is 2.61. The van der Waals surface area contributed by atoms with Crippen LogP contribution in [0.5, 0.6) is 0 Å². The molecule has 20 heavy (non-hydrogen) atoms. The van der Waals surface area contributed by atoms with Crippen LogP contribution >= 0.6 is 0 Å². The number of aliphatic hydroxyl groups excluding tert-OH is 1. The smallest absolute Gasteiger partial charge is 0.243 e. The SMILES string of the molecule is Cc1cc(C)c(S(=O)(=O)N2CCC(C)C(O)C2)c(C)c1. The van der Waals surface area contributed by atoms with Crippen LogP contribution in [0.25, 0.3) is 0 Å². The van der Waals surface area contributed by atoms with Crippen molar-refractivity contribution < 1.29 is 13.5 Å². The van der Waals surface area contributed by atoms with Crippen molar-refractivity contribution in [3.63, 3.8) is 0 Å². The van der Waals surface area contributed by atoms with E-state index in [0.29, 0.717) is 17.9 Å². The van der Waals surface area contributed by atoms with Crippen molar-refractivity contribution in [3.05, 3.63) is 28.8 Å². The van der Waals surface area contributed by atoms with Gasteiger partial charge in [-0.15, -0.1) is 0 Å². The number of sulfonamides is 1. The second-order valence-corrected chi connectivity index (χ2v) is 7.80. The summed E-state index contributed by atoms with van der Waals surface area (Å²) in [5.74, 6) is 0.154. The van der Waals surface area contributed by atoms with Gasteiger partial charge in [0.15, 0.2) is 0 Å². The zero-order valence-electron chi connectivity index (χ0n) is 12.5. The predicted molar refractivity (Wildman–Crippen MR) is 79.2 cm³/mol. The van der Waals surface area contributed by atoms with Crippen molar-refractivity contribution in [2.75, 3.05) is 13.1 Å². The van der Waals surface area contributed by atoms with Gasteiger partial charge in [0.05, 0.1) is 11.0 Å². The summed E-state index contributed by atoms with van der Waals surface area (Å²) in [5, 5.41) is 9.93. The van der Waals surface area contributed by atoms with Crippen molar-refractivity contribution in [3.8, 4) is 0 Å².